The van der Waals surface area contributed by atoms with Crippen molar-refractivity contribution in [3.63, 3.8) is 0 Å². The summed E-state index contributed by atoms with van der Waals surface area (Å²) in [6, 6.07) is 2.80. The molecule has 2 N–H and O–H groups in total. The third kappa shape index (κ3) is 3.35. The lowest BCUT2D eigenvalue weighted by molar-refractivity contribution is -0.201. The second kappa shape index (κ2) is 5.56. The summed E-state index contributed by atoms with van der Waals surface area (Å²) in [6.07, 6.45) is -6.76. The quantitative estimate of drug-likeness (QED) is 0.848. The van der Waals surface area contributed by atoms with Crippen LogP contribution in [0.2, 0.25) is 0 Å². The van der Waals surface area contributed by atoms with Gasteiger partial charge in [0.15, 0.2) is 11.6 Å². The molecule has 0 amide bonds. The maximum absolute atomic E-state index is 13.6. The zero-order chi connectivity index (χ0) is 13.9. The predicted molar refractivity (Wildman–Crippen MR) is 59.9 cm³/mol. The first kappa shape index (κ1) is 14.8. The first-order valence-electron chi connectivity index (χ1n) is 5.51. The van der Waals surface area contributed by atoms with E-state index in [1.54, 1.807) is 0 Å². The highest BCUT2D eigenvalue weighted by Crippen LogP contribution is 2.29. The third-order valence-electron chi connectivity index (χ3n) is 2.59. The Hall–Kier alpha value is -1.30. The van der Waals surface area contributed by atoms with Crippen molar-refractivity contribution in [2.75, 3.05) is 0 Å². The van der Waals surface area contributed by atoms with Gasteiger partial charge in [-0.3, -0.25) is 0 Å². The lowest BCUT2D eigenvalue weighted by Crippen LogP contribution is -2.48. The molecular weight excluding hydrogens is 250 g/mol. The second-order valence-electron chi connectivity index (χ2n) is 4.04. The molecule has 0 spiro atoms. The van der Waals surface area contributed by atoms with Crippen molar-refractivity contribution in [2.24, 2.45) is 5.73 Å². The molecule has 0 aromatic heterocycles. The van der Waals surface area contributed by atoms with E-state index in [2.05, 4.69) is 0 Å². The SMILES string of the molecule is CCC(N)C(Oc1cccc(C)c1F)C(F)(F)F. The Morgan fingerprint density at radius 2 is 1.94 bits per heavy atom. The molecule has 1 aromatic rings. The molecule has 6 heteroatoms. The van der Waals surface area contributed by atoms with Gasteiger partial charge in [-0.15, -0.1) is 0 Å². The number of hydrogen-bond acceptors (Lipinski definition) is 2. The highest BCUT2D eigenvalue weighted by Gasteiger charge is 2.45. The van der Waals surface area contributed by atoms with E-state index in [0.29, 0.717) is 0 Å². The van der Waals surface area contributed by atoms with Gasteiger partial charge in [-0.2, -0.15) is 13.2 Å². The van der Waals surface area contributed by atoms with E-state index >= 15 is 0 Å². The first-order valence-corrected chi connectivity index (χ1v) is 5.51. The molecule has 0 saturated carbocycles. The molecule has 1 aromatic carbocycles. The summed E-state index contributed by atoms with van der Waals surface area (Å²) in [5.41, 5.74) is 5.59. The molecule has 2 atom stereocenters. The van der Waals surface area contributed by atoms with E-state index in [9.17, 15) is 17.6 Å². The summed E-state index contributed by atoms with van der Waals surface area (Å²) in [5, 5.41) is 0. The van der Waals surface area contributed by atoms with Crippen LogP contribution in [0.4, 0.5) is 17.6 Å². The number of aryl methyl sites for hydroxylation is 1. The molecule has 2 nitrogen and oxygen atoms in total. The zero-order valence-electron chi connectivity index (χ0n) is 10.1. The van der Waals surface area contributed by atoms with Gasteiger partial charge in [-0.05, 0) is 25.0 Å². The van der Waals surface area contributed by atoms with Crippen molar-refractivity contribution < 1.29 is 22.3 Å². The van der Waals surface area contributed by atoms with E-state index < -0.39 is 29.9 Å². The highest BCUT2D eigenvalue weighted by molar-refractivity contribution is 5.30. The minimum absolute atomic E-state index is 0.0810. The summed E-state index contributed by atoms with van der Waals surface area (Å²) in [5.74, 6) is -1.23. The monoisotopic (exact) mass is 265 g/mol. The van der Waals surface area contributed by atoms with Gasteiger partial charge in [0.25, 0.3) is 0 Å². The van der Waals surface area contributed by atoms with E-state index in [1.165, 1.54) is 26.0 Å². The summed E-state index contributed by atoms with van der Waals surface area (Å²) in [6.45, 7) is 2.96. The summed E-state index contributed by atoms with van der Waals surface area (Å²) in [7, 11) is 0. The molecule has 2 unspecified atom stereocenters. The number of rotatable bonds is 4. The lowest BCUT2D eigenvalue weighted by Gasteiger charge is -2.26. The number of alkyl halides is 3. The van der Waals surface area contributed by atoms with Gasteiger partial charge >= 0.3 is 6.18 Å². The molecule has 0 heterocycles. The maximum atomic E-state index is 13.6. The van der Waals surface area contributed by atoms with Crippen LogP contribution >= 0.6 is 0 Å². The van der Waals surface area contributed by atoms with Crippen molar-refractivity contribution in [1.29, 1.82) is 0 Å². The Morgan fingerprint density at radius 1 is 1.33 bits per heavy atom. The van der Waals surface area contributed by atoms with Crippen LogP contribution in [0.15, 0.2) is 18.2 Å². The number of nitrogens with two attached hydrogens (primary N) is 1. The standard InChI is InChI=1S/C12H15F4NO/c1-3-8(17)11(12(14,15)16)18-9-6-4-5-7(2)10(9)13/h4-6,8,11H,3,17H2,1-2H3. The molecule has 18 heavy (non-hydrogen) atoms. The van der Waals surface area contributed by atoms with Crippen LogP contribution in [0.25, 0.3) is 0 Å². The topological polar surface area (TPSA) is 35.2 Å². The molecule has 0 saturated heterocycles. The third-order valence-corrected chi connectivity index (χ3v) is 2.59. The Kier molecular flexibility index (Phi) is 4.56. The highest BCUT2D eigenvalue weighted by atomic mass is 19.4. The van der Waals surface area contributed by atoms with E-state index in [1.807, 2.05) is 0 Å². The zero-order valence-corrected chi connectivity index (χ0v) is 10.1. The van der Waals surface area contributed by atoms with Crippen LogP contribution in [0.3, 0.4) is 0 Å². The van der Waals surface area contributed by atoms with Gasteiger partial charge in [-0.25, -0.2) is 4.39 Å². The molecule has 1 rings (SSSR count). The molecule has 0 aliphatic heterocycles. The molecule has 102 valence electrons. The van der Waals surface area contributed by atoms with Gasteiger partial charge in [0.05, 0.1) is 6.04 Å². The Balaban J connectivity index is 3.00. The van der Waals surface area contributed by atoms with Crippen LogP contribution in [0.1, 0.15) is 18.9 Å². The molecular formula is C12H15F4NO. The minimum atomic E-state index is -4.63. The number of hydrogen-bond donors (Lipinski definition) is 1. The average molecular weight is 265 g/mol. The number of ether oxygens (including phenoxy) is 1. The minimum Gasteiger partial charge on any atom is -0.476 e. The van der Waals surface area contributed by atoms with Crippen LogP contribution in [0, 0.1) is 12.7 Å². The largest absolute Gasteiger partial charge is 0.476 e. The molecule has 0 fully saturated rings. The number of halogens is 4. The Morgan fingerprint density at radius 3 is 2.44 bits per heavy atom. The van der Waals surface area contributed by atoms with Gasteiger partial charge in [0, 0.05) is 0 Å². The van der Waals surface area contributed by atoms with Crippen LogP contribution in [0.5, 0.6) is 5.75 Å². The molecule has 0 aliphatic carbocycles. The van der Waals surface area contributed by atoms with E-state index in [0.717, 1.165) is 6.07 Å². The van der Waals surface area contributed by atoms with Crippen LogP contribution < -0.4 is 10.5 Å². The lowest BCUT2D eigenvalue weighted by atomic mass is 10.1. The van der Waals surface area contributed by atoms with E-state index in [-0.39, 0.29) is 12.0 Å². The Bertz CT molecular complexity index is 406. The van der Waals surface area contributed by atoms with Crippen LogP contribution in [-0.4, -0.2) is 18.3 Å². The molecule has 0 bridgehead atoms. The average Bonchev–Trinajstić information content (AvgIpc) is 2.28. The van der Waals surface area contributed by atoms with Gasteiger partial charge in [0.2, 0.25) is 6.10 Å². The summed E-state index contributed by atoms with van der Waals surface area (Å²) >= 11 is 0. The van der Waals surface area contributed by atoms with Gasteiger partial charge in [0.1, 0.15) is 0 Å². The van der Waals surface area contributed by atoms with E-state index in [4.69, 9.17) is 10.5 Å². The summed E-state index contributed by atoms with van der Waals surface area (Å²) < 4.78 is 56.5. The second-order valence-corrected chi connectivity index (χ2v) is 4.04. The normalized spacial score (nSPS) is 15.3. The van der Waals surface area contributed by atoms with Crippen molar-refractivity contribution >= 4 is 0 Å². The van der Waals surface area contributed by atoms with Crippen molar-refractivity contribution in [2.45, 2.75) is 38.6 Å². The maximum Gasteiger partial charge on any atom is 0.426 e. The van der Waals surface area contributed by atoms with Crippen molar-refractivity contribution in [3.05, 3.63) is 29.6 Å². The van der Waals surface area contributed by atoms with Gasteiger partial charge in [-0.1, -0.05) is 19.1 Å². The van der Waals surface area contributed by atoms with Crippen LogP contribution in [-0.2, 0) is 0 Å². The Labute approximate surface area is 103 Å². The summed E-state index contributed by atoms with van der Waals surface area (Å²) in [4.78, 5) is 0. The van der Waals surface area contributed by atoms with Crippen molar-refractivity contribution in [1.82, 2.24) is 0 Å². The molecule has 0 radical (unpaired) electrons. The fourth-order valence-electron chi connectivity index (χ4n) is 1.46. The van der Waals surface area contributed by atoms with Gasteiger partial charge < -0.3 is 10.5 Å². The first-order chi connectivity index (χ1) is 8.27. The predicted octanol–water partition coefficient (Wildman–Crippen LogP) is 3.18. The smallest absolute Gasteiger partial charge is 0.426 e. The number of benzene rings is 1. The fraction of sp³-hybridized carbons (Fsp3) is 0.500. The fourth-order valence-corrected chi connectivity index (χ4v) is 1.46. The molecule has 0 aliphatic rings. The van der Waals surface area contributed by atoms with Crippen molar-refractivity contribution in [3.8, 4) is 5.75 Å².